The van der Waals surface area contributed by atoms with Crippen LogP contribution >= 0.6 is 0 Å². The van der Waals surface area contributed by atoms with Gasteiger partial charge in [0, 0.05) is 49.2 Å². The topological polar surface area (TPSA) is 81.1 Å². The van der Waals surface area contributed by atoms with Crippen LogP contribution < -0.4 is 10.6 Å². The summed E-state index contributed by atoms with van der Waals surface area (Å²) in [6.07, 6.45) is 4.59. The maximum atomic E-state index is 12.9. The Kier molecular flexibility index (Phi) is 7.28. The summed E-state index contributed by atoms with van der Waals surface area (Å²) in [6, 6.07) is 8.19. The molecular weight excluding hydrogens is 414 g/mol. The summed E-state index contributed by atoms with van der Waals surface area (Å²) in [6.45, 7) is 11.2. The highest BCUT2D eigenvalue weighted by atomic mass is 16.5. The molecule has 0 bridgehead atoms. The van der Waals surface area contributed by atoms with Crippen molar-refractivity contribution < 1.29 is 9.53 Å². The summed E-state index contributed by atoms with van der Waals surface area (Å²) < 4.78 is 7.48. The van der Waals surface area contributed by atoms with Crippen LogP contribution in [-0.2, 0) is 24.2 Å². The minimum absolute atomic E-state index is 0.0753. The number of rotatable bonds is 8. The monoisotopic (exact) mass is 449 g/mol. The highest BCUT2D eigenvalue weighted by Crippen LogP contribution is 2.31. The van der Waals surface area contributed by atoms with Gasteiger partial charge in [-0.15, -0.1) is 0 Å². The number of benzene rings is 1. The molecule has 7 heteroatoms. The normalized spacial score (nSPS) is 14.7. The first kappa shape index (κ1) is 23.2. The van der Waals surface area contributed by atoms with E-state index in [1.54, 1.807) is 0 Å². The van der Waals surface area contributed by atoms with Gasteiger partial charge in [-0.25, -0.2) is 9.67 Å². The molecule has 0 saturated carbocycles. The van der Waals surface area contributed by atoms with Crippen molar-refractivity contribution in [1.82, 2.24) is 20.1 Å². The second-order valence-corrected chi connectivity index (χ2v) is 8.95. The molecule has 3 heterocycles. The summed E-state index contributed by atoms with van der Waals surface area (Å²) in [7, 11) is 0. The average molecular weight is 450 g/mol. The number of pyridine rings is 1. The zero-order chi connectivity index (χ0) is 23.4. The Morgan fingerprint density at radius 2 is 1.91 bits per heavy atom. The van der Waals surface area contributed by atoms with Gasteiger partial charge in [-0.2, -0.15) is 5.10 Å². The fraction of sp³-hybridized carbons (Fsp3) is 0.500. The fourth-order valence-corrected chi connectivity index (χ4v) is 4.39. The number of nitrogens with zero attached hydrogens (tertiary/aromatic N) is 3. The lowest BCUT2D eigenvalue weighted by Gasteiger charge is -2.26. The molecule has 33 heavy (non-hydrogen) atoms. The molecular formula is C26H35N5O2. The van der Waals surface area contributed by atoms with E-state index in [1.165, 1.54) is 5.56 Å². The number of hydrogen-bond donors (Lipinski definition) is 2. The lowest BCUT2D eigenvalue weighted by atomic mass is 10.0. The van der Waals surface area contributed by atoms with E-state index in [-0.39, 0.29) is 5.91 Å². The van der Waals surface area contributed by atoms with E-state index in [0.717, 1.165) is 67.0 Å². The molecule has 1 amide bonds. The molecule has 2 aromatic heterocycles. The van der Waals surface area contributed by atoms with E-state index in [9.17, 15) is 4.79 Å². The summed E-state index contributed by atoms with van der Waals surface area (Å²) >= 11 is 0. The molecule has 0 aliphatic carbocycles. The molecule has 0 radical (unpaired) electrons. The molecule has 0 unspecified atom stereocenters. The molecule has 1 saturated heterocycles. The predicted molar refractivity (Wildman–Crippen MR) is 132 cm³/mol. The van der Waals surface area contributed by atoms with Gasteiger partial charge in [0.25, 0.3) is 5.91 Å². The minimum atomic E-state index is -0.0753. The number of hydrogen-bond acceptors (Lipinski definition) is 5. The second-order valence-electron chi connectivity index (χ2n) is 8.95. The van der Waals surface area contributed by atoms with Crippen LogP contribution in [0.3, 0.4) is 0 Å². The van der Waals surface area contributed by atoms with Gasteiger partial charge < -0.3 is 15.4 Å². The number of ether oxygens (including phenoxy) is 1. The van der Waals surface area contributed by atoms with Crippen molar-refractivity contribution in [3.8, 4) is 0 Å². The van der Waals surface area contributed by atoms with Gasteiger partial charge in [0.2, 0.25) is 0 Å². The van der Waals surface area contributed by atoms with Crippen molar-refractivity contribution in [1.29, 1.82) is 0 Å². The lowest BCUT2D eigenvalue weighted by Crippen LogP contribution is -2.30. The molecule has 1 fully saturated rings. The predicted octanol–water partition coefficient (Wildman–Crippen LogP) is 4.66. The summed E-state index contributed by atoms with van der Waals surface area (Å²) in [5, 5.41) is 12.5. The fourth-order valence-electron chi connectivity index (χ4n) is 4.39. The summed E-state index contributed by atoms with van der Waals surface area (Å²) in [5.74, 6) is 0.364. The highest BCUT2D eigenvalue weighted by Gasteiger charge is 2.22. The molecule has 1 aromatic carbocycles. The molecule has 3 aromatic rings. The third-order valence-corrected chi connectivity index (χ3v) is 6.44. The van der Waals surface area contributed by atoms with E-state index >= 15 is 0 Å². The van der Waals surface area contributed by atoms with Crippen molar-refractivity contribution in [3.63, 3.8) is 0 Å². The molecule has 1 aliphatic rings. The SMILES string of the molecule is CCc1nc2c(cnn2CC)c(NC2CCOCC2)c1CNC(=O)c1ccc(C(C)C)cc1. The molecule has 7 nitrogen and oxygen atoms in total. The van der Waals surface area contributed by atoms with Crippen molar-refractivity contribution in [3.05, 3.63) is 52.8 Å². The van der Waals surface area contributed by atoms with Crippen LogP contribution in [-0.4, -0.2) is 39.9 Å². The van der Waals surface area contributed by atoms with Gasteiger partial charge >= 0.3 is 0 Å². The van der Waals surface area contributed by atoms with Crippen molar-refractivity contribution in [2.75, 3.05) is 18.5 Å². The van der Waals surface area contributed by atoms with Crippen molar-refractivity contribution in [2.24, 2.45) is 0 Å². The molecule has 176 valence electrons. The van der Waals surface area contributed by atoms with E-state index in [0.29, 0.717) is 24.1 Å². The zero-order valence-electron chi connectivity index (χ0n) is 20.1. The van der Waals surface area contributed by atoms with Crippen LogP contribution in [0.1, 0.15) is 73.6 Å². The van der Waals surface area contributed by atoms with Gasteiger partial charge in [0.15, 0.2) is 5.65 Å². The van der Waals surface area contributed by atoms with E-state index in [2.05, 4.69) is 43.4 Å². The van der Waals surface area contributed by atoms with Crippen molar-refractivity contribution in [2.45, 2.75) is 72.0 Å². The van der Waals surface area contributed by atoms with Gasteiger partial charge in [-0.1, -0.05) is 32.9 Å². The van der Waals surface area contributed by atoms with Crippen LogP contribution in [0, 0.1) is 0 Å². The Labute approximate surface area is 195 Å². The van der Waals surface area contributed by atoms with Crippen LogP contribution in [0.15, 0.2) is 30.5 Å². The third-order valence-electron chi connectivity index (χ3n) is 6.44. The van der Waals surface area contributed by atoms with Crippen LogP contribution in [0.25, 0.3) is 11.0 Å². The Hall–Kier alpha value is -2.93. The lowest BCUT2D eigenvalue weighted by molar-refractivity contribution is 0.0904. The Morgan fingerprint density at radius 1 is 1.18 bits per heavy atom. The smallest absolute Gasteiger partial charge is 0.251 e. The minimum Gasteiger partial charge on any atom is -0.381 e. The van der Waals surface area contributed by atoms with Crippen LogP contribution in [0.5, 0.6) is 0 Å². The summed E-state index contributed by atoms with van der Waals surface area (Å²) in [4.78, 5) is 17.9. The first-order valence-corrected chi connectivity index (χ1v) is 12.1. The second kappa shape index (κ2) is 10.3. The number of anilines is 1. The number of aromatic nitrogens is 3. The number of carbonyl (C=O) groups is 1. The van der Waals surface area contributed by atoms with E-state index in [1.807, 2.05) is 35.1 Å². The number of fused-ring (bicyclic) bond motifs is 1. The maximum Gasteiger partial charge on any atom is 0.251 e. The van der Waals surface area contributed by atoms with E-state index < -0.39 is 0 Å². The quantitative estimate of drug-likeness (QED) is 0.523. The Morgan fingerprint density at radius 3 is 2.55 bits per heavy atom. The van der Waals surface area contributed by atoms with Gasteiger partial charge in [-0.05, 0) is 49.8 Å². The molecule has 2 N–H and O–H groups in total. The first-order chi connectivity index (χ1) is 16.0. The van der Waals surface area contributed by atoms with Gasteiger partial charge in [0.1, 0.15) is 0 Å². The number of carbonyl (C=O) groups excluding carboxylic acids is 1. The number of amides is 1. The highest BCUT2D eigenvalue weighted by molar-refractivity contribution is 5.95. The average Bonchev–Trinajstić information content (AvgIpc) is 3.26. The summed E-state index contributed by atoms with van der Waals surface area (Å²) in [5.41, 5.74) is 5.86. The largest absolute Gasteiger partial charge is 0.381 e. The van der Waals surface area contributed by atoms with Crippen molar-refractivity contribution >= 4 is 22.6 Å². The van der Waals surface area contributed by atoms with E-state index in [4.69, 9.17) is 9.72 Å². The zero-order valence-corrected chi connectivity index (χ0v) is 20.1. The molecule has 1 aliphatic heterocycles. The standard InChI is InChI=1S/C26H35N5O2/c1-5-23-21(15-27-26(32)19-9-7-18(8-10-19)17(3)4)24(29-20-11-13-33-14-12-20)22-16-28-31(6-2)25(22)30-23/h7-10,16-17,20H,5-6,11-15H2,1-4H3,(H,27,32)(H,29,30). The van der Waals surface area contributed by atoms with Crippen LogP contribution in [0.2, 0.25) is 0 Å². The van der Waals surface area contributed by atoms with Gasteiger partial charge in [-0.3, -0.25) is 4.79 Å². The Bertz CT molecular complexity index is 1100. The molecule has 0 spiro atoms. The molecule has 0 atom stereocenters. The molecule has 4 rings (SSSR count). The number of nitrogens with one attached hydrogen (secondary N) is 2. The number of aryl methyl sites for hydroxylation is 2. The van der Waals surface area contributed by atoms with Crippen LogP contribution in [0.4, 0.5) is 5.69 Å². The Balaban J connectivity index is 1.64. The first-order valence-electron chi connectivity index (χ1n) is 12.1. The maximum absolute atomic E-state index is 12.9. The third kappa shape index (κ3) is 5.03. The van der Waals surface area contributed by atoms with Gasteiger partial charge in [0.05, 0.1) is 17.3 Å².